The Bertz CT molecular complexity index is 1080. The number of aromatic carboxylic acids is 1. The molecule has 9 nitrogen and oxygen atoms in total. The number of nitrogens with two attached hydrogens (primary N) is 1. The topological polar surface area (TPSA) is 134 Å². The first-order valence-corrected chi connectivity index (χ1v) is 10.5. The largest absolute Gasteiger partial charge is 0.477 e. The Morgan fingerprint density at radius 1 is 1.48 bits per heavy atom. The van der Waals surface area contributed by atoms with Gasteiger partial charge in [0.05, 0.1) is 5.39 Å². The maximum atomic E-state index is 15.0. The maximum Gasteiger partial charge on any atom is 0.341 e. The lowest BCUT2D eigenvalue weighted by atomic mass is 9.89. The molecule has 1 aliphatic carbocycles. The Morgan fingerprint density at radius 2 is 2.19 bits per heavy atom. The number of halogens is 1. The molecule has 2 aromatic rings. The summed E-state index contributed by atoms with van der Waals surface area (Å²) in [6, 6.07) is 0.773. The fourth-order valence-corrected chi connectivity index (χ4v) is 4.13. The van der Waals surface area contributed by atoms with E-state index in [-0.39, 0.29) is 28.2 Å². The second-order valence-electron chi connectivity index (χ2n) is 9.15. The Hall–Kier alpha value is -2.56. The molecule has 4 rings (SSSR count). The Balaban J connectivity index is 1.67. The van der Waals surface area contributed by atoms with Crippen LogP contribution in [-0.2, 0) is 0 Å². The summed E-state index contributed by atoms with van der Waals surface area (Å²) in [6.45, 7) is 5.36. The van der Waals surface area contributed by atoms with Gasteiger partial charge in [0.2, 0.25) is 5.43 Å². The van der Waals surface area contributed by atoms with E-state index in [1.165, 1.54) is 6.20 Å². The van der Waals surface area contributed by atoms with Crippen molar-refractivity contribution < 1.29 is 19.4 Å². The van der Waals surface area contributed by atoms with E-state index in [0.29, 0.717) is 25.3 Å². The van der Waals surface area contributed by atoms with E-state index in [0.717, 1.165) is 25.3 Å². The van der Waals surface area contributed by atoms with Crippen LogP contribution in [0.3, 0.4) is 0 Å². The number of nitrogens with zero attached hydrogens (tertiary/aromatic N) is 3. The van der Waals surface area contributed by atoms with Gasteiger partial charge in [-0.15, -0.1) is 0 Å². The summed E-state index contributed by atoms with van der Waals surface area (Å²) in [7, 11) is 0. The number of nitrogens with one attached hydrogen (secondary N) is 1. The van der Waals surface area contributed by atoms with Crippen LogP contribution in [0.2, 0.25) is 0 Å². The Morgan fingerprint density at radius 3 is 2.81 bits per heavy atom. The van der Waals surface area contributed by atoms with E-state index in [4.69, 9.17) is 5.73 Å². The van der Waals surface area contributed by atoms with E-state index in [9.17, 15) is 19.8 Å². The molecule has 0 spiro atoms. The van der Waals surface area contributed by atoms with Gasteiger partial charge < -0.3 is 25.4 Å². The van der Waals surface area contributed by atoms with Crippen LogP contribution >= 0.6 is 0 Å². The number of rotatable bonds is 7. The molecule has 0 aromatic carbocycles. The smallest absolute Gasteiger partial charge is 0.341 e. The molecule has 10 heteroatoms. The number of carbonyl (C=O) groups is 1. The number of fused-ring (bicyclic) bond motifs is 1. The van der Waals surface area contributed by atoms with Crippen molar-refractivity contribution in [2.45, 2.75) is 51.4 Å². The zero-order valence-corrected chi connectivity index (χ0v) is 17.6. The van der Waals surface area contributed by atoms with Crippen molar-refractivity contribution in [3.63, 3.8) is 0 Å². The lowest BCUT2D eigenvalue weighted by Gasteiger charge is -2.28. The van der Waals surface area contributed by atoms with Gasteiger partial charge in [0.1, 0.15) is 17.4 Å². The first kappa shape index (κ1) is 21.7. The van der Waals surface area contributed by atoms with Crippen LogP contribution in [0.1, 0.15) is 49.5 Å². The first-order chi connectivity index (χ1) is 14.6. The minimum atomic E-state index is -1.33. The number of hydrogen-bond donors (Lipinski definition) is 4. The zero-order valence-electron chi connectivity index (χ0n) is 17.6. The molecule has 168 valence electrons. The number of carboxylic acids is 1. The third-order valence-electron chi connectivity index (χ3n) is 6.20. The van der Waals surface area contributed by atoms with Gasteiger partial charge in [-0.3, -0.25) is 10.1 Å². The second-order valence-corrected chi connectivity index (χ2v) is 9.15. The summed E-state index contributed by atoms with van der Waals surface area (Å²) in [6.07, 6.45) is 2.99. The van der Waals surface area contributed by atoms with Crippen LogP contribution in [0.25, 0.3) is 11.0 Å². The normalized spacial score (nSPS) is 23.3. The number of pyridine rings is 2. The molecule has 2 fully saturated rings. The second kappa shape index (κ2) is 7.85. The SMILES string of the molecule is CC(N)C(O)NCC1(C)CCN(c2nc3c(cc2F)c(=O)c(C(=O)O)cn3C2CC2)C1. The van der Waals surface area contributed by atoms with Gasteiger partial charge in [0.15, 0.2) is 11.6 Å². The number of aromatic nitrogens is 2. The van der Waals surface area contributed by atoms with Gasteiger partial charge in [-0.25, -0.2) is 14.2 Å². The van der Waals surface area contributed by atoms with Gasteiger partial charge in [-0.1, -0.05) is 6.92 Å². The van der Waals surface area contributed by atoms with Crippen molar-refractivity contribution in [3.05, 3.63) is 33.9 Å². The molecule has 1 saturated carbocycles. The number of hydrogen-bond acceptors (Lipinski definition) is 7. The summed E-state index contributed by atoms with van der Waals surface area (Å²) in [5.74, 6) is -1.83. The molecule has 3 unspecified atom stereocenters. The monoisotopic (exact) mass is 433 g/mol. The Kier molecular flexibility index (Phi) is 5.48. The molecule has 2 aliphatic rings. The fourth-order valence-electron chi connectivity index (χ4n) is 4.13. The van der Waals surface area contributed by atoms with Gasteiger partial charge in [-0.2, -0.15) is 0 Å². The fraction of sp³-hybridized carbons (Fsp3) is 0.571. The average Bonchev–Trinajstić information content (AvgIpc) is 3.48. The number of aliphatic hydroxyl groups excluding tert-OH is 1. The highest BCUT2D eigenvalue weighted by Gasteiger charge is 2.36. The van der Waals surface area contributed by atoms with E-state index >= 15 is 4.39 Å². The molecule has 31 heavy (non-hydrogen) atoms. The van der Waals surface area contributed by atoms with Gasteiger partial charge in [0.25, 0.3) is 0 Å². The third kappa shape index (κ3) is 4.15. The molecule has 1 saturated heterocycles. The summed E-state index contributed by atoms with van der Waals surface area (Å²) in [4.78, 5) is 30.4. The van der Waals surface area contributed by atoms with Crippen LogP contribution in [0.15, 0.2) is 17.1 Å². The van der Waals surface area contributed by atoms with Crippen LogP contribution in [0, 0.1) is 11.2 Å². The first-order valence-electron chi connectivity index (χ1n) is 10.5. The molecule has 2 aromatic heterocycles. The summed E-state index contributed by atoms with van der Waals surface area (Å²) >= 11 is 0. The molecule has 0 radical (unpaired) electrons. The Labute approximate surface area is 178 Å². The van der Waals surface area contributed by atoms with Crippen molar-refractivity contribution in [1.29, 1.82) is 0 Å². The highest BCUT2D eigenvalue weighted by Crippen LogP contribution is 2.38. The lowest BCUT2D eigenvalue weighted by Crippen LogP contribution is -2.47. The molecule has 3 heterocycles. The molecule has 0 amide bonds. The maximum absolute atomic E-state index is 15.0. The molecule has 1 aliphatic heterocycles. The van der Waals surface area contributed by atoms with Gasteiger partial charge >= 0.3 is 5.97 Å². The zero-order chi connectivity index (χ0) is 22.5. The standard InChI is InChI=1S/C21H28FN5O4/c1-11(23)19(29)24-9-21(2)5-6-26(10-21)18-15(22)7-13-16(28)14(20(30)31)8-27(12-3-4-12)17(13)25-18/h7-8,11-12,19,24,29H,3-6,9-10,23H2,1-2H3,(H,30,31). The van der Waals surface area contributed by atoms with E-state index in [2.05, 4.69) is 10.3 Å². The molecule has 5 N–H and O–H groups in total. The molecule has 3 atom stereocenters. The van der Waals surface area contributed by atoms with E-state index < -0.39 is 29.5 Å². The quantitative estimate of drug-likeness (QED) is 0.476. The molecular weight excluding hydrogens is 405 g/mol. The summed E-state index contributed by atoms with van der Waals surface area (Å²) in [5.41, 5.74) is 4.69. The van der Waals surface area contributed by atoms with Crippen LogP contribution in [0.4, 0.5) is 10.2 Å². The van der Waals surface area contributed by atoms with E-state index in [1.807, 2.05) is 11.8 Å². The van der Waals surface area contributed by atoms with Crippen molar-refractivity contribution in [3.8, 4) is 0 Å². The van der Waals surface area contributed by atoms with Gasteiger partial charge in [-0.05, 0) is 37.7 Å². The molecule has 0 bridgehead atoms. The number of anilines is 1. The summed E-state index contributed by atoms with van der Waals surface area (Å²) < 4.78 is 16.7. The molecular formula is C21H28FN5O4. The summed E-state index contributed by atoms with van der Waals surface area (Å²) in [5, 5.41) is 22.3. The van der Waals surface area contributed by atoms with Gasteiger partial charge in [0, 0.05) is 37.9 Å². The minimum absolute atomic E-state index is 0.0169. The predicted molar refractivity (Wildman–Crippen MR) is 114 cm³/mol. The van der Waals surface area contributed by atoms with Crippen LogP contribution < -0.4 is 21.4 Å². The predicted octanol–water partition coefficient (Wildman–Crippen LogP) is 1.04. The average molecular weight is 433 g/mol. The highest BCUT2D eigenvalue weighted by atomic mass is 19.1. The van der Waals surface area contributed by atoms with Crippen molar-refractivity contribution in [2.24, 2.45) is 11.1 Å². The van der Waals surface area contributed by atoms with Crippen molar-refractivity contribution in [1.82, 2.24) is 14.9 Å². The number of carboxylic acid groups (broad SMARTS) is 1. The lowest BCUT2D eigenvalue weighted by molar-refractivity contribution is 0.0694. The third-order valence-corrected chi connectivity index (χ3v) is 6.20. The minimum Gasteiger partial charge on any atom is -0.477 e. The van der Waals surface area contributed by atoms with Crippen LogP contribution in [-0.4, -0.2) is 57.6 Å². The van der Waals surface area contributed by atoms with Crippen molar-refractivity contribution >= 4 is 22.8 Å². The van der Waals surface area contributed by atoms with Crippen molar-refractivity contribution in [2.75, 3.05) is 24.5 Å². The number of aliphatic hydroxyl groups is 1. The van der Waals surface area contributed by atoms with E-state index in [1.54, 1.807) is 11.5 Å². The highest BCUT2D eigenvalue weighted by molar-refractivity contribution is 5.92. The van der Waals surface area contributed by atoms with Crippen LogP contribution in [0.5, 0.6) is 0 Å².